The van der Waals surface area contributed by atoms with Crippen LogP contribution in [0.4, 0.5) is 22.7 Å². The van der Waals surface area contributed by atoms with E-state index in [1.165, 1.54) is 0 Å². The summed E-state index contributed by atoms with van der Waals surface area (Å²) < 4.78 is 4.14. The fourth-order valence-electron chi connectivity index (χ4n) is 3.08. The highest BCUT2D eigenvalue weighted by atomic mass is 15.4. The predicted octanol–water partition coefficient (Wildman–Crippen LogP) is 3.50. The van der Waals surface area contributed by atoms with E-state index in [4.69, 9.17) is 5.10 Å². The van der Waals surface area contributed by atoms with Gasteiger partial charge in [0, 0.05) is 31.2 Å². The molecule has 3 rings (SSSR count). The van der Waals surface area contributed by atoms with Crippen molar-refractivity contribution in [2.75, 3.05) is 29.7 Å². The quantitative estimate of drug-likeness (QED) is 0.400. The number of nitrogens with zero attached hydrogens (tertiary/aromatic N) is 4. The number of aryl methyl sites for hydroxylation is 2. The Hall–Kier alpha value is -3.28. The van der Waals surface area contributed by atoms with Crippen LogP contribution in [0, 0.1) is 0 Å². The number of benzene rings is 2. The van der Waals surface area contributed by atoms with Crippen LogP contribution in [0.1, 0.15) is 12.7 Å². The minimum Gasteiger partial charge on any atom is -0.388 e. The van der Waals surface area contributed by atoms with Gasteiger partial charge in [0.05, 0.1) is 19.8 Å². The summed E-state index contributed by atoms with van der Waals surface area (Å²) in [5.41, 5.74) is 5.18. The van der Waals surface area contributed by atoms with Gasteiger partial charge in [-0.05, 0) is 55.5 Å². The summed E-state index contributed by atoms with van der Waals surface area (Å²) in [6.45, 7) is 2.02. The third kappa shape index (κ3) is 4.28. The van der Waals surface area contributed by atoms with E-state index in [1.807, 2.05) is 64.6 Å². The van der Waals surface area contributed by atoms with Crippen molar-refractivity contribution in [2.24, 2.45) is 19.2 Å². The Morgan fingerprint density at radius 2 is 1.56 bits per heavy atom. The Balaban J connectivity index is 1.71. The van der Waals surface area contributed by atoms with Crippen LogP contribution in [-0.2, 0) is 14.1 Å². The third-order valence-electron chi connectivity index (χ3n) is 4.51. The summed E-state index contributed by atoms with van der Waals surface area (Å²) in [6.07, 6.45) is 4.05. The number of hydrogen-bond donors (Lipinski definition) is 2. The molecular formula is C21H27N6+. The van der Waals surface area contributed by atoms with E-state index in [1.54, 1.807) is 0 Å². The molecule has 0 aliphatic rings. The molecule has 1 heterocycles. The molecule has 27 heavy (non-hydrogen) atoms. The SMILES string of the molecule is CNc1ccc(Nc2ccc(N(C)/N=C(\C)c3n(C)cc[n+]3C)cc2)cc1. The molecule has 2 N–H and O–H groups in total. The van der Waals surface area contributed by atoms with Crippen LogP contribution >= 0.6 is 0 Å². The number of nitrogens with one attached hydrogen (secondary N) is 2. The van der Waals surface area contributed by atoms with Crippen molar-refractivity contribution < 1.29 is 4.57 Å². The standard InChI is InChI=1S/C21H26N6/c1-16(21-25(3)14-15-26(21)4)24-27(5)20-12-10-19(11-13-20)23-18-8-6-17(22-2)7-9-18/h6-15,24H,1-5H3/p+1. The highest BCUT2D eigenvalue weighted by molar-refractivity contribution is 5.94. The first-order valence-corrected chi connectivity index (χ1v) is 8.93. The van der Waals surface area contributed by atoms with Gasteiger partial charge in [0.1, 0.15) is 18.1 Å². The molecule has 0 bridgehead atoms. The zero-order valence-electron chi connectivity index (χ0n) is 16.6. The summed E-state index contributed by atoms with van der Waals surface area (Å²) in [7, 11) is 7.93. The summed E-state index contributed by atoms with van der Waals surface area (Å²) in [5, 5.41) is 13.2. The lowest BCUT2D eigenvalue weighted by Gasteiger charge is -2.15. The Morgan fingerprint density at radius 3 is 2.07 bits per heavy atom. The molecule has 0 fully saturated rings. The number of aromatic nitrogens is 2. The molecule has 0 radical (unpaired) electrons. The van der Waals surface area contributed by atoms with Gasteiger partial charge in [-0.3, -0.25) is 5.01 Å². The molecule has 3 aromatic rings. The maximum Gasteiger partial charge on any atom is 0.304 e. The van der Waals surface area contributed by atoms with Gasteiger partial charge >= 0.3 is 5.82 Å². The molecule has 6 heteroatoms. The van der Waals surface area contributed by atoms with Crippen LogP contribution < -0.4 is 20.2 Å². The van der Waals surface area contributed by atoms with Gasteiger partial charge < -0.3 is 10.6 Å². The van der Waals surface area contributed by atoms with Crippen LogP contribution in [0.5, 0.6) is 0 Å². The Labute approximate surface area is 160 Å². The van der Waals surface area contributed by atoms with Crippen LogP contribution in [-0.4, -0.2) is 24.4 Å². The van der Waals surface area contributed by atoms with Crippen molar-refractivity contribution in [3.05, 3.63) is 66.7 Å². The first kappa shape index (κ1) is 18.5. The average Bonchev–Trinajstić information content (AvgIpc) is 3.01. The molecule has 140 valence electrons. The molecular weight excluding hydrogens is 336 g/mol. The Morgan fingerprint density at radius 1 is 1.00 bits per heavy atom. The lowest BCUT2D eigenvalue weighted by atomic mass is 10.2. The highest BCUT2D eigenvalue weighted by Crippen LogP contribution is 2.22. The third-order valence-corrected chi connectivity index (χ3v) is 4.51. The first-order valence-electron chi connectivity index (χ1n) is 8.93. The molecule has 0 unspecified atom stereocenters. The monoisotopic (exact) mass is 363 g/mol. The van der Waals surface area contributed by atoms with Gasteiger partial charge in [0.25, 0.3) is 0 Å². The van der Waals surface area contributed by atoms with Gasteiger partial charge in [0.2, 0.25) is 0 Å². The van der Waals surface area contributed by atoms with Gasteiger partial charge in [-0.1, -0.05) is 0 Å². The van der Waals surface area contributed by atoms with Gasteiger partial charge in [-0.2, -0.15) is 5.10 Å². The van der Waals surface area contributed by atoms with Crippen molar-refractivity contribution in [2.45, 2.75) is 6.92 Å². The van der Waals surface area contributed by atoms with Crippen molar-refractivity contribution in [1.29, 1.82) is 0 Å². The van der Waals surface area contributed by atoms with E-state index in [0.29, 0.717) is 0 Å². The largest absolute Gasteiger partial charge is 0.388 e. The molecule has 0 spiro atoms. The van der Waals surface area contributed by atoms with Gasteiger partial charge in [-0.25, -0.2) is 9.13 Å². The van der Waals surface area contributed by atoms with E-state index < -0.39 is 0 Å². The molecule has 0 amide bonds. The van der Waals surface area contributed by atoms with Crippen LogP contribution in [0.25, 0.3) is 0 Å². The summed E-state index contributed by atoms with van der Waals surface area (Å²) in [6, 6.07) is 16.4. The van der Waals surface area contributed by atoms with E-state index >= 15 is 0 Å². The highest BCUT2D eigenvalue weighted by Gasteiger charge is 2.15. The second kappa shape index (κ2) is 7.95. The second-order valence-electron chi connectivity index (χ2n) is 6.55. The average molecular weight is 363 g/mol. The summed E-state index contributed by atoms with van der Waals surface area (Å²) in [4.78, 5) is 0. The second-order valence-corrected chi connectivity index (χ2v) is 6.55. The zero-order valence-corrected chi connectivity index (χ0v) is 16.6. The molecule has 1 aromatic heterocycles. The number of rotatable bonds is 6. The first-order chi connectivity index (χ1) is 13.0. The summed E-state index contributed by atoms with van der Waals surface area (Å²) >= 11 is 0. The van der Waals surface area contributed by atoms with Crippen LogP contribution in [0.15, 0.2) is 66.0 Å². The van der Waals surface area contributed by atoms with Crippen LogP contribution in [0.3, 0.4) is 0 Å². The Bertz CT molecular complexity index is 903. The smallest absolute Gasteiger partial charge is 0.304 e. The minimum absolute atomic E-state index is 0.958. The lowest BCUT2D eigenvalue weighted by Crippen LogP contribution is -2.35. The van der Waals surface area contributed by atoms with E-state index in [-0.39, 0.29) is 0 Å². The van der Waals surface area contributed by atoms with Crippen molar-refractivity contribution >= 4 is 28.5 Å². The number of anilines is 4. The fraction of sp³-hybridized carbons (Fsp3) is 0.238. The minimum atomic E-state index is 0.958. The Kier molecular flexibility index (Phi) is 5.45. The predicted molar refractivity (Wildman–Crippen MR) is 113 cm³/mol. The van der Waals surface area contributed by atoms with Gasteiger partial charge in [-0.15, -0.1) is 0 Å². The van der Waals surface area contributed by atoms with E-state index in [2.05, 4.69) is 56.2 Å². The molecule has 0 saturated carbocycles. The number of hydrazone groups is 1. The van der Waals surface area contributed by atoms with E-state index in [0.717, 1.165) is 34.3 Å². The normalized spacial score (nSPS) is 11.4. The molecule has 0 saturated heterocycles. The van der Waals surface area contributed by atoms with E-state index in [9.17, 15) is 0 Å². The maximum atomic E-state index is 4.73. The number of imidazole rings is 1. The molecule has 2 aromatic carbocycles. The number of hydrogen-bond acceptors (Lipinski definition) is 4. The fourth-order valence-corrected chi connectivity index (χ4v) is 3.08. The topological polar surface area (TPSA) is 48.5 Å². The van der Waals surface area contributed by atoms with Crippen molar-refractivity contribution in [3.63, 3.8) is 0 Å². The van der Waals surface area contributed by atoms with Crippen LogP contribution in [0.2, 0.25) is 0 Å². The van der Waals surface area contributed by atoms with Crippen molar-refractivity contribution in [3.8, 4) is 0 Å². The lowest BCUT2D eigenvalue weighted by molar-refractivity contribution is -0.672. The molecule has 0 atom stereocenters. The van der Waals surface area contributed by atoms with Crippen molar-refractivity contribution in [1.82, 2.24) is 4.57 Å². The molecule has 6 nitrogen and oxygen atoms in total. The molecule has 0 aliphatic carbocycles. The maximum absolute atomic E-state index is 4.73. The van der Waals surface area contributed by atoms with Gasteiger partial charge in [0.15, 0.2) is 0 Å². The zero-order chi connectivity index (χ0) is 19.4. The molecule has 0 aliphatic heterocycles. The summed E-state index contributed by atoms with van der Waals surface area (Å²) in [5.74, 6) is 1.07.